The normalized spacial score (nSPS) is 10.6. The maximum atomic E-state index is 12.2. The highest BCUT2D eigenvalue weighted by molar-refractivity contribution is 9.10. The fourth-order valence-corrected chi connectivity index (χ4v) is 3.62. The minimum absolute atomic E-state index is 0.0343. The SMILES string of the molecule is Cc1ccc(NC(=O)COc2ccc(Br)cc2CNCc2cccs2)cc1. The summed E-state index contributed by atoms with van der Waals surface area (Å²) in [6.07, 6.45) is 0. The van der Waals surface area contributed by atoms with Gasteiger partial charge in [-0.3, -0.25) is 4.79 Å². The number of carbonyl (C=O) groups excluding carboxylic acids is 1. The summed E-state index contributed by atoms with van der Waals surface area (Å²) in [7, 11) is 0. The second-order valence-electron chi connectivity index (χ2n) is 6.14. The summed E-state index contributed by atoms with van der Waals surface area (Å²) in [6, 6.07) is 17.6. The number of ether oxygens (including phenoxy) is 1. The summed E-state index contributed by atoms with van der Waals surface area (Å²) < 4.78 is 6.75. The quantitative estimate of drug-likeness (QED) is 0.506. The minimum Gasteiger partial charge on any atom is -0.483 e. The van der Waals surface area contributed by atoms with Gasteiger partial charge >= 0.3 is 0 Å². The molecule has 0 spiro atoms. The van der Waals surface area contributed by atoms with Gasteiger partial charge in [0.05, 0.1) is 0 Å². The van der Waals surface area contributed by atoms with E-state index in [0.29, 0.717) is 12.3 Å². The molecule has 140 valence electrons. The van der Waals surface area contributed by atoms with E-state index in [1.165, 1.54) is 4.88 Å². The van der Waals surface area contributed by atoms with Crippen molar-refractivity contribution in [2.45, 2.75) is 20.0 Å². The van der Waals surface area contributed by atoms with E-state index in [0.717, 1.165) is 27.8 Å². The van der Waals surface area contributed by atoms with Crippen molar-refractivity contribution >= 4 is 38.9 Å². The summed E-state index contributed by atoms with van der Waals surface area (Å²) >= 11 is 5.22. The van der Waals surface area contributed by atoms with Crippen LogP contribution in [-0.4, -0.2) is 12.5 Å². The number of rotatable bonds is 8. The van der Waals surface area contributed by atoms with E-state index in [-0.39, 0.29) is 12.5 Å². The smallest absolute Gasteiger partial charge is 0.262 e. The molecule has 6 heteroatoms. The molecule has 2 aromatic carbocycles. The van der Waals surface area contributed by atoms with E-state index in [1.807, 2.05) is 55.5 Å². The Bertz CT molecular complexity index is 880. The van der Waals surface area contributed by atoms with Crippen molar-refractivity contribution in [1.29, 1.82) is 0 Å². The first kappa shape index (κ1) is 19.6. The zero-order valence-electron chi connectivity index (χ0n) is 15.0. The van der Waals surface area contributed by atoms with Gasteiger partial charge in [-0.05, 0) is 48.7 Å². The Balaban J connectivity index is 1.55. The molecule has 2 N–H and O–H groups in total. The highest BCUT2D eigenvalue weighted by Gasteiger charge is 2.08. The summed E-state index contributed by atoms with van der Waals surface area (Å²) in [4.78, 5) is 13.4. The lowest BCUT2D eigenvalue weighted by Gasteiger charge is -2.13. The van der Waals surface area contributed by atoms with E-state index in [4.69, 9.17) is 4.74 Å². The number of carbonyl (C=O) groups is 1. The number of thiophene rings is 1. The molecular formula is C21H21BrN2O2S. The molecule has 0 atom stereocenters. The van der Waals surface area contributed by atoms with Gasteiger partial charge in [-0.25, -0.2) is 0 Å². The minimum atomic E-state index is -0.181. The first-order valence-corrected chi connectivity index (χ1v) is 10.3. The summed E-state index contributed by atoms with van der Waals surface area (Å²) in [6.45, 7) is 3.44. The zero-order valence-corrected chi connectivity index (χ0v) is 17.4. The fourth-order valence-electron chi connectivity index (χ4n) is 2.54. The van der Waals surface area contributed by atoms with Crippen molar-refractivity contribution in [3.8, 4) is 5.75 Å². The Kier molecular flexibility index (Phi) is 7.04. The second-order valence-corrected chi connectivity index (χ2v) is 8.09. The Labute approximate surface area is 171 Å². The highest BCUT2D eigenvalue weighted by atomic mass is 79.9. The van der Waals surface area contributed by atoms with Crippen LogP contribution in [0.2, 0.25) is 0 Å². The molecule has 1 aromatic heterocycles. The third kappa shape index (κ3) is 6.20. The monoisotopic (exact) mass is 444 g/mol. The lowest BCUT2D eigenvalue weighted by Crippen LogP contribution is -2.21. The van der Waals surface area contributed by atoms with Crippen molar-refractivity contribution in [2.75, 3.05) is 11.9 Å². The Morgan fingerprint density at radius 1 is 1.11 bits per heavy atom. The molecule has 0 saturated carbocycles. The van der Waals surface area contributed by atoms with E-state index in [2.05, 4.69) is 38.0 Å². The molecule has 0 aliphatic carbocycles. The molecule has 4 nitrogen and oxygen atoms in total. The third-order valence-electron chi connectivity index (χ3n) is 3.91. The summed E-state index contributed by atoms with van der Waals surface area (Å²) in [5.41, 5.74) is 2.92. The summed E-state index contributed by atoms with van der Waals surface area (Å²) in [5, 5.41) is 8.32. The maximum Gasteiger partial charge on any atom is 0.262 e. The number of anilines is 1. The number of amides is 1. The predicted octanol–water partition coefficient (Wildman–Crippen LogP) is 5.13. The standard InChI is InChI=1S/C21H21BrN2O2S/c1-15-4-7-18(8-5-15)24-21(25)14-26-20-9-6-17(22)11-16(20)12-23-13-19-3-2-10-27-19/h2-11,23H,12-14H2,1H3,(H,24,25). The molecule has 0 saturated heterocycles. The number of nitrogens with one attached hydrogen (secondary N) is 2. The number of hydrogen-bond donors (Lipinski definition) is 2. The van der Waals surface area contributed by atoms with E-state index in [9.17, 15) is 4.79 Å². The van der Waals surface area contributed by atoms with E-state index >= 15 is 0 Å². The van der Waals surface area contributed by atoms with Crippen molar-refractivity contribution in [1.82, 2.24) is 5.32 Å². The number of benzene rings is 2. The molecule has 0 aliphatic heterocycles. The molecule has 1 heterocycles. The maximum absolute atomic E-state index is 12.2. The summed E-state index contributed by atoms with van der Waals surface area (Å²) in [5.74, 6) is 0.523. The zero-order chi connectivity index (χ0) is 19.1. The van der Waals surface area contributed by atoms with Crippen LogP contribution in [0.5, 0.6) is 5.75 Å². The van der Waals surface area contributed by atoms with E-state index < -0.39 is 0 Å². The number of halogens is 1. The van der Waals surface area contributed by atoms with Crippen LogP contribution in [0, 0.1) is 6.92 Å². The van der Waals surface area contributed by atoms with Crippen LogP contribution >= 0.6 is 27.3 Å². The first-order valence-electron chi connectivity index (χ1n) is 8.61. The lowest BCUT2D eigenvalue weighted by atomic mass is 10.2. The number of aryl methyl sites for hydroxylation is 1. The molecule has 0 fully saturated rings. The number of hydrogen-bond acceptors (Lipinski definition) is 4. The van der Waals surface area contributed by atoms with Gasteiger partial charge in [0.15, 0.2) is 6.61 Å². The van der Waals surface area contributed by atoms with Gasteiger partial charge < -0.3 is 15.4 Å². The molecule has 1 amide bonds. The first-order chi connectivity index (χ1) is 13.1. The molecular weight excluding hydrogens is 424 g/mol. The van der Waals surface area contributed by atoms with Crippen LogP contribution in [0.25, 0.3) is 0 Å². The van der Waals surface area contributed by atoms with Crippen molar-refractivity contribution in [3.63, 3.8) is 0 Å². The van der Waals surface area contributed by atoms with E-state index in [1.54, 1.807) is 11.3 Å². The molecule has 3 rings (SSSR count). The van der Waals surface area contributed by atoms with Crippen LogP contribution in [0.15, 0.2) is 64.5 Å². The largest absolute Gasteiger partial charge is 0.483 e. The topological polar surface area (TPSA) is 50.4 Å². The Morgan fingerprint density at radius 2 is 1.93 bits per heavy atom. The van der Waals surface area contributed by atoms with Crippen molar-refractivity contribution < 1.29 is 9.53 Å². The van der Waals surface area contributed by atoms with Crippen LogP contribution in [0.3, 0.4) is 0 Å². The molecule has 0 bridgehead atoms. The third-order valence-corrected chi connectivity index (χ3v) is 5.28. The highest BCUT2D eigenvalue weighted by Crippen LogP contribution is 2.23. The Morgan fingerprint density at radius 3 is 2.67 bits per heavy atom. The van der Waals surface area contributed by atoms with Crippen LogP contribution in [0.1, 0.15) is 16.0 Å². The average molecular weight is 445 g/mol. The van der Waals surface area contributed by atoms with Crippen LogP contribution in [-0.2, 0) is 17.9 Å². The van der Waals surface area contributed by atoms with Gasteiger partial charge in [0.2, 0.25) is 0 Å². The second kappa shape index (κ2) is 9.69. The molecule has 0 unspecified atom stereocenters. The van der Waals surface area contributed by atoms with Gasteiger partial charge in [-0.15, -0.1) is 11.3 Å². The van der Waals surface area contributed by atoms with Crippen molar-refractivity contribution in [3.05, 3.63) is 80.5 Å². The Hall–Kier alpha value is -2.15. The molecule has 3 aromatic rings. The van der Waals surface area contributed by atoms with Gasteiger partial charge in [0.1, 0.15) is 5.75 Å². The van der Waals surface area contributed by atoms with Crippen LogP contribution in [0.4, 0.5) is 5.69 Å². The molecule has 27 heavy (non-hydrogen) atoms. The van der Waals surface area contributed by atoms with Gasteiger partial charge in [-0.1, -0.05) is 39.7 Å². The average Bonchev–Trinajstić information content (AvgIpc) is 3.16. The van der Waals surface area contributed by atoms with Crippen LogP contribution < -0.4 is 15.4 Å². The van der Waals surface area contributed by atoms with Gasteiger partial charge in [-0.2, -0.15) is 0 Å². The van der Waals surface area contributed by atoms with Crippen molar-refractivity contribution in [2.24, 2.45) is 0 Å². The van der Waals surface area contributed by atoms with Gasteiger partial charge in [0, 0.05) is 33.7 Å². The van der Waals surface area contributed by atoms with Gasteiger partial charge in [0.25, 0.3) is 5.91 Å². The molecule has 0 radical (unpaired) electrons. The fraction of sp³-hybridized carbons (Fsp3) is 0.190. The molecule has 0 aliphatic rings. The lowest BCUT2D eigenvalue weighted by molar-refractivity contribution is -0.118. The predicted molar refractivity (Wildman–Crippen MR) is 114 cm³/mol.